The predicted octanol–water partition coefficient (Wildman–Crippen LogP) is 3.13. The topological polar surface area (TPSA) is 96.5 Å². The molecule has 2 aromatic heterocycles. The fourth-order valence-electron chi connectivity index (χ4n) is 1.80. The molecule has 0 saturated carbocycles. The van der Waals surface area contributed by atoms with Gasteiger partial charge in [0.1, 0.15) is 5.69 Å². The highest BCUT2D eigenvalue weighted by Gasteiger charge is 2.13. The van der Waals surface area contributed by atoms with Crippen LogP contribution in [0, 0.1) is 6.92 Å². The van der Waals surface area contributed by atoms with E-state index in [1.807, 2.05) is 0 Å². The van der Waals surface area contributed by atoms with Gasteiger partial charge in [0.25, 0.3) is 5.91 Å². The zero-order chi connectivity index (χ0) is 16.4. The van der Waals surface area contributed by atoms with E-state index in [4.69, 9.17) is 23.2 Å². The lowest BCUT2D eigenvalue weighted by atomic mass is 10.2. The number of benzene rings is 1. The molecule has 0 spiro atoms. The van der Waals surface area contributed by atoms with E-state index in [0.717, 1.165) is 5.69 Å². The number of H-pyrrole nitrogens is 1. The van der Waals surface area contributed by atoms with Gasteiger partial charge in [0.2, 0.25) is 5.95 Å². The van der Waals surface area contributed by atoms with Gasteiger partial charge in [-0.05, 0) is 25.1 Å². The van der Waals surface area contributed by atoms with Crippen molar-refractivity contribution in [2.75, 3.05) is 5.32 Å². The lowest BCUT2D eigenvalue weighted by Gasteiger charge is -2.00. The van der Waals surface area contributed by atoms with Crippen LogP contribution < -0.4 is 5.32 Å². The molecule has 116 valence electrons. The number of aromatic nitrogens is 5. The molecule has 0 radical (unpaired) electrons. The number of hydrogen-bond donors (Lipinski definition) is 2. The van der Waals surface area contributed by atoms with Gasteiger partial charge >= 0.3 is 0 Å². The number of carbonyl (C=O) groups is 1. The van der Waals surface area contributed by atoms with Gasteiger partial charge in [0.05, 0.1) is 16.9 Å². The molecule has 0 aliphatic carbocycles. The number of aryl methyl sites for hydroxylation is 1. The summed E-state index contributed by atoms with van der Waals surface area (Å²) in [7, 11) is 0. The van der Waals surface area contributed by atoms with E-state index in [1.54, 1.807) is 25.1 Å². The summed E-state index contributed by atoms with van der Waals surface area (Å²) in [5, 5.41) is 10.1. The predicted molar refractivity (Wildman–Crippen MR) is 86.6 cm³/mol. The fraction of sp³-hybridized carbons (Fsp3) is 0.0714. The first kappa shape index (κ1) is 15.4. The molecule has 2 heterocycles. The van der Waals surface area contributed by atoms with E-state index in [2.05, 4.69) is 30.5 Å². The summed E-state index contributed by atoms with van der Waals surface area (Å²) in [6.07, 6.45) is 2.89. The summed E-state index contributed by atoms with van der Waals surface area (Å²) in [6, 6.07) is 4.99. The molecule has 0 bridgehead atoms. The van der Waals surface area contributed by atoms with E-state index in [0.29, 0.717) is 21.4 Å². The Morgan fingerprint density at radius 1 is 1.22 bits per heavy atom. The molecule has 9 heteroatoms. The second-order valence-corrected chi connectivity index (χ2v) is 5.47. The number of nitrogens with zero attached hydrogens (tertiary/aromatic N) is 4. The van der Waals surface area contributed by atoms with Crippen LogP contribution in [0.2, 0.25) is 10.0 Å². The van der Waals surface area contributed by atoms with Crippen molar-refractivity contribution < 1.29 is 4.79 Å². The summed E-state index contributed by atoms with van der Waals surface area (Å²) >= 11 is 12.0. The first-order valence-corrected chi connectivity index (χ1v) is 7.26. The third-order valence-electron chi connectivity index (χ3n) is 2.91. The molecule has 0 saturated heterocycles. The van der Waals surface area contributed by atoms with Crippen molar-refractivity contribution in [1.29, 1.82) is 0 Å². The molecule has 0 atom stereocenters. The Hall–Kier alpha value is -2.51. The Balaban J connectivity index is 1.79. The zero-order valence-electron chi connectivity index (χ0n) is 11.8. The van der Waals surface area contributed by atoms with Gasteiger partial charge in [0.15, 0.2) is 5.82 Å². The SMILES string of the molecule is Cc1cnc(C(=O)Nc2n[nH]c(-c3ccc(Cl)cc3Cl)n2)cn1. The number of amides is 1. The van der Waals surface area contributed by atoms with Crippen LogP contribution in [0.15, 0.2) is 30.6 Å². The summed E-state index contributed by atoms with van der Waals surface area (Å²) < 4.78 is 0. The Morgan fingerprint density at radius 2 is 2.04 bits per heavy atom. The highest BCUT2D eigenvalue weighted by Crippen LogP contribution is 2.28. The molecule has 2 N–H and O–H groups in total. The van der Waals surface area contributed by atoms with Crippen molar-refractivity contribution in [3.8, 4) is 11.4 Å². The Kier molecular flexibility index (Phi) is 4.22. The van der Waals surface area contributed by atoms with Gasteiger partial charge in [-0.15, -0.1) is 5.10 Å². The standard InChI is InChI=1S/C14H10Cl2N6O/c1-7-5-18-11(6-17-7)13(23)20-14-19-12(21-22-14)9-3-2-8(15)4-10(9)16/h2-6H,1H3,(H2,19,20,21,22,23). The van der Waals surface area contributed by atoms with E-state index in [9.17, 15) is 4.79 Å². The molecular formula is C14H10Cl2N6O. The van der Waals surface area contributed by atoms with E-state index < -0.39 is 5.91 Å². The minimum atomic E-state index is -0.453. The summed E-state index contributed by atoms with van der Waals surface area (Å²) in [4.78, 5) is 24.2. The van der Waals surface area contributed by atoms with Gasteiger partial charge in [0, 0.05) is 16.8 Å². The Labute approximate surface area is 141 Å². The van der Waals surface area contributed by atoms with Gasteiger partial charge in [-0.2, -0.15) is 4.98 Å². The molecule has 0 unspecified atom stereocenters. The van der Waals surface area contributed by atoms with Crippen molar-refractivity contribution in [1.82, 2.24) is 25.1 Å². The number of aromatic amines is 1. The van der Waals surface area contributed by atoms with Crippen LogP contribution in [-0.2, 0) is 0 Å². The van der Waals surface area contributed by atoms with Gasteiger partial charge < -0.3 is 0 Å². The van der Waals surface area contributed by atoms with Crippen LogP contribution in [0.4, 0.5) is 5.95 Å². The van der Waals surface area contributed by atoms with Crippen LogP contribution in [0.3, 0.4) is 0 Å². The minimum Gasteiger partial charge on any atom is -0.288 e. The van der Waals surface area contributed by atoms with Crippen LogP contribution in [0.25, 0.3) is 11.4 Å². The molecule has 3 rings (SSSR count). The maximum Gasteiger partial charge on any atom is 0.278 e. The summed E-state index contributed by atoms with van der Waals surface area (Å²) in [6.45, 7) is 1.78. The molecule has 7 nitrogen and oxygen atoms in total. The molecule has 1 aromatic carbocycles. The monoisotopic (exact) mass is 348 g/mol. The number of anilines is 1. The first-order valence-electron chi connectivity index (χ1n) is 6.51. The van der Waals surface area contributed by atoms with E-state index in [1.165, 1.54) is 12.4 Å². The van der Waals surface area contributed by atoms with Crippen molar-refractivity contribution in [2.24, 2.45) is 0 Å². The van der Waals surface area contributed by atoms with Crippen molar-refractivity contribution >= 4 is 35.1 Å². The number of rotatable bonds is 3. The zero-order valence-corrected chi connectivity index (χ0v) is 13.4. The van der Waals surface area contributed by atoms with Crippen LogP contribution in [0.1, 0.15) is 16.2 Å². The van der Waals surface area contributed by atoms with Crippen molar-refractivity contribution in [3.63, 3.8) is 0 Å². The highest BCUT2D eigenvalue weighted by atomic mass is 35.5. The molecule has 23 heavy (non-hydrogen) atoms. The Morgan fingerprint density at radius 3 is 2.74 bits per heavy atom. The first-order chi connectivity index (χ1) is 11.0. The minimum absolute atomic E-state index is 0.110. The molecule has 0 aliphatic heterocycles. The average Bonchev–Trinajstić information content (AvgIpc) is 2.96. The van der Waals surface area contributed by atoms with Crippen LogP contribution >= 0.6 is 23.2 Å². The number of halogens is 2. The van der Waals surface area contributed by atoms with Gasteiger partial charge in [-0.1, -0.05) is 23.2 Å². The lowest BCUT2D eigenvalue weighted by molar-refractivity contribution is 0.102. The third kappa shape index (κ3) is 3.46. The highest BCUT2D eigenvalue weighted by molar-refractivity contribution is 6.36. The fourth-order valence-corrected chi connectivity index (χ4v) is 2.29. The van der Waals surface area contributed by atoms with Crippen molar-refractivity contribution in [3.05, 3.63) is 52.0 Å². The average molecular weight is 349 g/mol. The lowest BCUT2D eigenvalue weighted by Crippen LogP contribution is -2.15. The largest absolute Gasteiger partial charge is 0.288 e. The quantitative estimate of drug-likeness (QED) is 0.757. The molecular weight excluding hydrogens is 339 g/mol. The van der Waals surface area contributed by atoms with Gasteiger partial charge in [-0.3, -0.25) is 20.2 Å². The number of hydrogen-bond acceptors (Lipinski definition) is 5. The number of nitrogens with one attached hydrogen (secondary N) is 2. The second kappa shape index (κ2) is 6.31. The van der Waals surface area contributed by atoms with Crippen molar-refractivity contribution in [2.45, 2.75) is 6.92 Å². The molecule has 1 amide bonds. The maximum atomic E-state index is 12.0. The second-order valence-electron chi connectivity index (χ2n) is 4.63. The van der Waals surface area contributed by atoms with E-state index in [-0.39, 0.29) is 11.6 Å². The molecule has 0 aliphatic rings. The Bertz CT molecular complexity index is 862. The molecule has 3 aromatic rings. The maximum absolute atomic E-state index is 12.0. The number of carbonyl (C=O) groups excluding carboxylic acids is 1. The van der Waals surface area contributed by atoms with E-state index >= 15 is 0 Å². The normalized spacial score (nSPS) is 10.6. The van der Waals surface area contributed by atoms with Gasteiger partial charge in [-0.25, -0.2) is 4.98 Å². The molecule has 0 fully saturated rings. The summed E-state index contributed by atoms with van der Waals surface area (Å²) in [5.74, 6) is 0.0700. The third-order valence-corrected chi connectivity index (χ3v) is 3.46. The summed E-state index contributed by atoms with van der Waals surface area (Å²) in [5.41, 5.74) is 1.52. The van der Waals surface area contributed by atoms with Crippen LogP contribution in [-0.4, -0.2) is 31.1 Å². The van der Waals surface area contributed by atoms with Crippen LogP contribution in [0.5, 0.6) is 0 Å². The smallest absolute Gasteiger partial charge is 0.278 e.